The van der Waals surface area contributed by atoms with Crippen LogP contribution < -0.4 is 0 Å². The first-order valence-electron chi connectivity index (χ1n) is 11.8. The van der Waals surface area contributed by atoms with Crippen LogP contribution in [0.5, 0.6) is 0 Å². The molecule has 5 rings (SSSR count). The number of nitrogens with zero attached hydrogens (tertiary/aromatic N) is 8. The molecule has 0 fully saturated rings. The quantitative estimate of drug-likeness (QED) is 0.526. The fraction of sp³-hybridized carbons (Fsp3) is 0.538. The Morgan fingerprint density at radius 3 is 1.26 bits per heavy atom. The number of hydrogen-bond acceptors (Lipinski definition) is 8. The number of aromatic amines is 1. The van der Waals surface area contributed by atoms with Crippen LogP contribution in [0.1, 0.15) is 73.2 Å². The van der Waals surface area contributed by atoms with Gasteiger partial charge in [0.05, 0.1) is 25.3 Å². The van der Waals surface area contributed by atoms with Crippen LogP contribution in [-0.4, -0.2) is 70.1 Å². The van der Waals surface area contributed by atoms with Crippen LogP contribution in [0.4, 0.5) is 0 Å². The molecule has 0 radical (unpaired) electrons. The second-order valence-corrected chi connectivity index (χ2v) is 8.91. The molecule has 35 heavy (non-hydrogen) atoms. The summed E-state index contributed by atoms with van der Waals surface area (Å²) in [6, 6.07) is 2.00. The van der Waals surface area contributed by atoms with Gasteiger partial charge in [0, 0.05) is 40.7 Å². The SMILES string of the molecule is CC1=CC(C)=NC1.CC1=NC(C)=NC1.CC1=NC(C)=NC1.CC1=NN=C(C)C1.Cc1cc(C)[nH]n1. The lowest BCUT2D eigenvalue weighted by atomic mass is 10.2. The fourth-order valence-electron chi connectivity index (χ4n) is 3.01. The van der Waals surface area contributed by atoms with Crippen LogP contribution in [-0.2, 0) is 0 Å². The minimum absolute atomic E-state index is 0.811. The highest BCUT2D eigenvalue weighted by Gasteiger charge is 2.00. The molecule has 9 heteroatoms. The Balaban J connectivity index is 0.000000219. The van der Waals surface area contributed by atoms with Gasteiger partial charge in [-0.05, 0) is 81.4 Å². The summed E-state index contributed by atoms with van der Waals surface area (Å²) >= 11 is 0. The molecule has 0 atom stereocenters. The van der Waals surface area contributed by atoms with Gasteiger partial charge in [0.2, 0.25) is 0 Å². The van der Waals surface area contributed by atoms with E-state index in [-0.39, 0.29) is 0 Å². The molecule has 4 aliphatic rings. The van der Waals surface area contributed by atoms with Gasteiger partial charge < -0.3 is 0 Å². The van der Waals surface area contributed by atoms with Gasteiger partial charge in [-0.1, -0.05) is 5.57 Å². The molecule has 0 bridgehead atoms. The minimum atomic E-state index is 0.811. The zero-order valence-corrected chi connectivity index (χ0v) is 23.1. The molecule has 5 heterocycles. The van der Waals surface area contributed by atoms with Crippen LogP contribution in [0.15, 0.2) is 52.9 Å². The van der Waals surface area contributed by atoms with Crippen molar-refractivity contribution < 1.29 is 0 Å². The summed E-state index contributed by atoms with van der Waals surface area (Å²) in [5, 5.41) is 14.4. The Hall–Kier alpha value is -3.36. The molecular formula is C26H41N9. The highest BCUT2D eigenvalue weighted by atomic mass is 15.2. The Labute approximate surface area is 210 Å². The van der Waals surface area contributed by atoms with E-state index in [1.807, 2.05) is 68.4 Å². The van der Waals surface area contributed by atoms with Crippen molar-refractivity contribution in [3.05, 3.63) is 29.1 Å². The smallest absolute Gasteiger partial charge is 0.120 e. The van der Waals surface area contributed by atoms with E-state index >= 15 is 0 Å². The number of allylic oxidation sites excluding steroid dienone is 1. The zero-order chi connectivity index (χ0) is 26.4. The summed E-state index contributed by atoms with van der Waals surface area (Å²) in [5.41, 5.74) is 9.20. The lowest BCUT2D eigenvalue weighted by Crippen LogP contribution is -1.90. The Morgan fingerprint density at radius 2 is 1.14 bits per heavy atom. The Morgan fingerprint density at radius 1 is 0.629 bits per heavy atom. The number of aliphatic imine (C=N–C) groups is 5. The van der Waals surface area contributed by atoms with Gasteiger partial charge in [-0.25, -0.2) is 9.98 Å². The number of nitrogens with one attached hydrogen (secondary N) is 1. The van der Waals surface area contributed by atoms with Gasteiger partial charge in [0.15, 0.2) is 0 Å². The van der Waals surface area contributed by atoms with Gasteiger partial charge in [-0.15, -0.1) is 0 Å². The van der Waals surface area contributed by atoms with Crippen molar-refractivity contribution >= 4 is 40.2 Å². The molecule has 0 saturated heterocycles. The van der Waals surface area contributed by atoms with E-state index in [1.165, 1.54) is 5.57 Å². The molecular weight excluding hydrogens is 438 g/mol. The average Bonchev–Trinajstić information content (AvgIpc) is 3.59. The summed E-state index contributed by atoms with van der Waals surface area (Å²) < 4.78 is 0. The van der Waals surface area contributed by atoms with Crippen molar-refractivity contribution in [2.75, 3.05) is 19.6 Å². The van der Waals surface area contributed by atoms with Crippen LogP contribution >= 0.6 is 0 Å². The van der Waals surface area contributed by atoms with Crippen LogP contribution in [0.25, 0.3) is 0 Å². The Kier molecular flexibility index (Phi) is 13.2. The topological polar surface area (TPSA) is 115 Å². The maximum Gasteiger partial charge on any atom is 0.120 e. The van der Waals surface area contributed by atoms with Crippen molar-refractivity contribution in [1.82, 2.24) is 10.2 Å². The van der Waals surface area contributed by atoms with Crippen LogP contribution in [0.2, 0.25) is 0 Å². The maximum atomic E-state index is 4.14. The summed E-state index contributed by atoms with van der Waals surface area (Å²) in [7, 11) is 0. The standard InChI is InChI=1S/C6H9N.4C5H8N2/c1-5-3-6(2)7-4-5;2*1-4-3-6-5(2)7-4;2*1-4-3-5(2)7-6-4/h3H,4H2,1-2H3;3*3H2,1-2H3;3H,1-2H3,(H,6,7). The number of aromatic nitrogens is 2. The molecule has 0 unspecified atom stereocenters. The molecule has 4 aliphatic heterocycles. The van der Waals surface area contributed by atoms with E-state index in [0.717, 1.165) is 77.7 Å². The first-order valence-corrected chi connectivity index (χ1v) is 11.8. The molecule has 0 amide bonds. The highest BCUT2D eigenvalue weighted by molar-refractivity contribution is 6.05. The number of aryl methyl sites for hydroxylation is 2. The maximum absolute atomic E-state index is 4.14. The van der Waals surface area contributed by atoms with Crippen LogP contribution in [0, 0.1) is 13.8 Å². The molecule has 0 aromatic carbocycles. The molecule has 0 aliphatic carbocycles. The molecule has 190 valence electrons. The summed E-state index contributed by atoms with van der Waals surface area (Å²) in [5.74, 6) is 1.83. The summed E-state index contributed by atoms with van der Waals surface area (Å²) in [4.78, 5) is 20.3. The van der Waals surface area contributed by atoms with Crippen molar-refractivity contribution in [3.8, 4) is 0 Å². The third-order valence-electron chi connectivity index (χ3n) is 4.55. The normalized spacial score (nSPS) is 17.2. The lowest BCUT2D eigenvalue weighted by molar-refractivity contribution is 1.02. The second-order valence-electron chi connectivity index (χ2n) is 8.91. The number of amidine groups is 2. The summed E-state index contributed by atoms with van der Waals surface area (Å²) in [6.07, 6.45) is 3.08. The molecule has 1 N–H and O–H groups in total. The average molecular weight is 480 g/mol. The third kappa shape index (κ3) is 14.5. The largest absolute Gasteiger partial charge is 0.286 e. The van der Waals surface area contributed by atoms with E-state index in [2.05, 4.69) is 58.4 Å². The molecule has 0 saturated carbocycles. The highest BCUT2D eigenvalue weighted by Crippen LogP contribution is 2.02. The van der Waals surface area contributed by atoms with E-state index in [0.29, 0.717) is 0 Å². The minimum Gasteiger partial charge on any atom is -0.286 e. The van der Waals surface area contributed by atoms with E-state index < -0.39 is 0 Å². The Bertz CT molecular complexity index is 976. The third-order valence-corrected chi connectivity index (χ3v) is 4.55. The number of H-pyrrole nitrogens is 1. The molecule has 1 aromatic rings. The first-order chi connectivity index (χ1) is 16.4. The van der Waals surface area contributed by atoms with Gasteiger partial charge in [0.25, 0.3) is 0 Å². The van der Waals surface area contributed by atoms with Gasteiger partial charge in [-0.2, -0.15) is 15.3 Å². The monoisotopic (exact) mass is 479 g/mol. The first kappa shape index (κ1) is 29.7. The van der Waals surface area contributed by atoms with Gasteiger partial charge in [0.1, 0.15) is 11.7 Å². The van der Waals surface area contributed by atoms with Crippen molar-refractivity contribution in [3.63, 3.8) is 0 Å². The summed E-state index contributed by atoms with van der Waals surface area (Å²) in [6.45, 7) is 22.4. The van der Waals surface area contributed by atoms with Crippen LogP contribution in [0.3, 0.4) is 0 Å². The van der Waals surface area contributed by atoms with Crippen molar-refractivity contribution in [2.24, 2.45) is 35.2 Å². The number of hydrogen-bond donors (Lipinski definition) is 1. The van der Waals surface area contributed by atoms with E-state index in [9.17, 15) is 0 Å². The molecule has 0 spiro atoms. The van der Waals surface area contributed by atoms with Gasteiger partial charge in [-0.3, -0.25) is 20.1 Å². The predicted octanol–water partition coefficient (Wildman–Crippen LogP) is 5.42. The van der Waals surface area contributed by atoms with E-state index in [1.54, 1.807) is 0 Å². The predicted molar refractivity (Wildman–Crippen MR) is 153 cm³/mol. The van der Waals surface area contributed by atoms with Crippen molar-refractivity contribution in [2.45, 2.75) is 75.7 Å². The van der Waals surface area contributed by atoms with Gasteiger partial charge >= 0.3 is 0 Å². The van der Waals surface area contributed by atoms with Crippen molar-refractivity contribution in [1.29, 1.82) is 0 Å². The van der Waals surface area contributed by atoms with E-state index in [4.69, 9.17) is 0 Å². The molecule has 9 nitrogen and oxygen atoms in total. The lowest BCUT2D eigenvalue weighted by Gasteiger charge is -1.80. The fourth-order valence-corrected chi connectivity index (χ4v) is 3.01. The number of rotatable bonds is 0. The second kappa shape index (κ2) is 15.5. The molecule has 1 aromatic heterocycles. The zero-order valence-electron chi connectivity index (χ0n) is 23.1.